The molecule has 0 aliphatic rings. The highest BCUT2D eigenvalue weighted by Crippen LogP contribution is 2.33. The van der Waals surface area contributed by atoms with E-state index in [1.165, 1.54) is 0 Å². The molecule has 2 heterocycles. The molecule has 4 aromatic rings. The number of nitrogens with one attached hydrogen (secondary N) is 2. The van der Waals surface area contributed by atoms with Crippen molar-refractivity contribution in [3.05, 3.63) is 82.5 Å². The van der Waals surface area contributed by atoms with E-state index in [4.69, 9.17) is 43.2 Å². The molecule has 2 N–H and O–H groups in total. The fourth-order valence-electron chi connectivity index (χ4n) is 3.41. The highest BCUT2D eigenvalue weighted by atomic mass is 35.5. The number of para-hydroxylation sites is 1. The first kappa shape index (κ1) is 24.3. The summed E-state index contributed by atoms with van der Waals surface area (Å²) in [5, 5.41) is 16.5. The predicted octanol–water partition coefficient (Wildman–Crippen LogP) is 6.31. The summed E-state index contributed by atoms with van der Waals surface area (Å²) in [5.41, 5.74) is 2.77. The molecule has 176 valence electrons. The number of halogens is 2. The average Bonchev–Trinajstić information content (AvgIpc) is 2.88. The first-order valence-electron chi connectivity index (χ1n) is 10.9. The van der Waals surface area contributed by atoms with Crippen LogP contribution in [0.25, 0.3) is 22.6 Å². The molecule has 0 unspecified atom stereocenters. The predicted molar refractivity (Wildman–Crippen MR) is 140 cm³/mol. The Labute approximate surface area is 213 Å². The van der Waals surface area contributed by atoms with Crippen LogP contribution in [0.1, 0.15) is 12.0 Å². The van der Waals surface area contributed by atoms with Crippen molar-refractivity contribution in [2.45, 2.75) is 6.42 Å². The Kier molecular flexibility index (Phi) is 7.99. The smallest absolute Gasteiger partial charge is 0.163 e. The maximum Gasteiger partial charge on any atom is 0.163 e. The molecule has 0 saturated carbocycles. The van der Waals surface area contributed by atoms with Gasteiger partial charge < -0.3 is 15.4 Å². The summed E-state index contributed by atoms with van der Waals surface area (Å²) in [5.74, 6) is 2.59. The van der Waals surface area contributed by atoms with Gasteiger partial charge in [0.2, 0.25) is 0 Å². The van der Waals surface area contributed by atoms with Gasteiger partial charge in [0.1, 0.15) is 23.5 Å². The summed E-state index contributed by atoms with van der Waals surface area (Å²) in [7, 11) is 1.63. The number of hydrogen-bond donors (Lipinski definition) is 2. The second-order valence-corrected chi connectivity index (χ2v) is 8.38. The van der Waals surface area contributed by atoms with E-state index in [0.717, 1.165) is 17.8 Å². The summed E-state index contributed by atoms with van der Waals surface area (Å²) in [4.78, 5) is 13.7. The molecule has 0 atom stereocenters. The lowest BCUT2D eigenvalue weighted by molar-refractivity contribution is 0.416. The first-order valence-corrected chi connectivity index (χ1v) is 11.6. The fourth-order valence-corrected chi connectivity index (χ4v) is 3.90. The Morgan fingerprint density at radius 2 is 1.71 bits per heavy atom. The van der Waals surface area contributed by atoms with Crippen molar-refractivity contribution in [1.82, 2.24) is 15.0 Å². The van der Waals surface area contributed by atoms with Crippen molar-refractivity contribution in [2.24, 2.45) is 0 Å². The molecule has 0 amide bonds. The quantitative estimate of drug-likeness (QED) is 0.258. The van der Waals surface area contributed by atoms with Crippen LogP contribution in [0, 0.1) is 11.3 Å². The normalized spacial score (nSPS) is 10.5. The number of nitrogens with zero attached hydrogens (tertiary/aromatic N) is 4. The van der Waals surface area contributed by atoms with Crippen LogP contribution in [0.5, 0.6) is 5.75 Å². The molecular formula is C26H22Cl2N6O. The van der Waals surface area contributed by atoms with Crippen LogP contribution in [0.2, 0.25) is 10.0 Å². The lowest BCUT2D eigenvalue weighted by Gasteiger charge is -2.13. The average molecular weight is 505 g/mol. The van der Waals surface area contributed by atoms with Gasteiger partial charge in [-0.1, -0.05) is 35.3 Å². The lowest BCUT2D eigenvalue weighted by atomic mass is 10.1. The van der Waals surface area contributed by atoms with E-state index in [2.05, 4.69) is 21.7 Å². The van der Waals surface area contributed by atoms with Crippen molar-refractivity contribution < 1.29 is 4.74 Å². The molecule has 0 fully saturated rings. The number of pyridine rings is 1. The van der Waals surface area contributed by atoms with E-state index in [1.54, 1.807) is 37.6 Å². The van der Waals surface area contributed by atoms with Gasteiger partial charge >= 0.3 is 0 Å². The van der Waals surface area contributed by atoms with Crippen LogP contribution in [0.4, 0.5) is 11.6 Å². The molecule has 0 bridgehead atoms. The highest BCUT2D eigenvalue weighted by Gasteiger charge is 2.14. The molecule has 4 rings (SSSR count). The molecule has 0 spiro atoms. The second-order valence-electron chi connectivity index (χ2n) is 7.54. The van der Waals surface area contributed by atoms with E-state index >= 15 is 0 Å². The summed E-state index contributed by atoms with van der Waals surface area (Å²) in [6.45, 7) is 1.37. The molecule has 35 heavy (non-hydrogen) atoms. The maximum absolute atomic E-state index is 8.87. The fraction of sp³-hybridized carbons (Fsp3) is 0.154. The number of benzene rings is 2. The minimum Gasteiger partial charge on any atom is -0.496 e. The van der Waals surface area contributed by atoms with Crippen molar-refractivity contribution >= 4 is 34.8 Å². The molecule has 9 heteroatoms. The number of aromatic nitrogens is 3. The van der Waals surface area contributed by atoms with Crippen LogP contribution in [0.15, 0.2) is 66.9 Å². The summed E-state index contributed by atoms with van der Waals surface area (Å²) in [6.07, 6.45) is 2.36. The molecule has 2 aromatic heterocycles. The van der Waals surface area contributed by atoms with E-state index in [9.17, 15) is 0 Å². The molecule has 0 aliphatic heterocycles. The highest BCUT2D eigenvalue weighted by molar-refractivity contribution is 6.36. The van der Waals surface area contributed by atoms with E-state index in [0.29, 0.717) is 57.3 Å². The van der Waals surface area contributed by atoms with Crippen molar-refractivity contribution in [1.29, 1.82) is 5.26 Å². The molecule has 2 aromatic carbocycles. The van der Waals surface area contributed by atoms with Gasteiger partial charge in [-0.15, -0.1) is 0 Å². The topological polar surface area (TPSA) is 95.8 Å². The van der Waals surface area contributed by atoms with Gasteiger partial charge in [0.15, 0.2) is 5.82 Å². The van der Waals surface area contributed by atoms with Crippen molar-refractivity contribution in [3.8, 4) is 34.5 Å². The van der Waals surface area contributed by atoms with Crippen molar-refractivity contribution in [2.75, 3.05) is 30.8 Å². The SMILES string of the molecule is COc1ccccc1-c1cc(NCCCNc2ccc(C#N)cn2)nc(-c2ccc(Cl)cc2Cl)n1. The van der Waals surface area contributed by atoms with Gasteiger partial charge in [0, 0.05) is 41.5 Å². The number of rotatable bonds is 9. The van der Waals surface area contributed by atoms with E-state index in [-0.39, 0.29) is 0 Å². The van der Waals surface area contributed by atoms with Crippen LogP contribution in [-0.4, -0.2) is 35.2 Å². The Bertz CT molecular complexity index is 1360. The number of nitriles is 1. The summed E-state index contributed by atoms with van der Waals surface area (Å²) < 4.78 is 5.54. The number of hydrogen-bond acceptors (Lipinski definition) is 7. The Hall–Kier alpha value is -3.86. The van der Waals surface area contributed by atoms with Gasteiger partial charge in [-0.05, 0) is 48.9 Å². The van der Waals surface area contributed by atoms with Gasteiger partial charge in [0.05, 0.1) is 23.4 Å². The van der Waals surface area contributed by atoms with E-state index in [1.807, 2.05) is 36.4 Å². The zero-order valence-electron chi connectivity index (χ0n) is 18.9. The van der Waals surface area contributed by atoms with Gasteiger partial charge in [-0.2, -0.15) is 5.26 Å². The number of methoxy groups -OCH3 is 1. The third-order valence-electron chi connectivity index (χ3n) is 5.14. The maximum atomic E-state index is 8.87. The zero-order valence-corrected chi connectivity index (χ0v) is 20.4. The Balaban J connectivity index is 1.53. The molecule has 0 aliphatic carbocycles. The van der Waals surface area contributed by atoms with Crippen LogP contribution in [0.3, 0.4) is 0 Å². The first-order chi connectivity index (χ1) is 17.1. The number of anilines is 2. The minimum atomic E-state index is 0.472. The number of ether oxygens (including phenoxy) is 1. The standard InChI is InChI=1S/C26H22Cl2N6O/c1-35-23-6-3-2-5-20(23)22-14-25(34-26(33-22)19-9-8-18(27)13-21(19)28)31-12-4-11-30-24-10-7-17(15-29)16-32-24/h2-3,5-10,13-14,16H,4,11-12H2,1H3,(H,30,32)(H,31,33,34). The zero-order chi connectivity index (χ0) is 24.6. The molecule has 0 saturated heterocycles. The third-order valence-corrected chi connectivity index (χ3v) is 5.69. The van der Waals surface area contributed by atoms with Crippen molar-refractivity contribution in [3.63, 3.8) is 0 Å². The lowest BCUT2D eigenvalue weighted by Crippen LogP contribution is -2.11. The second kappa shape index (κ2) is 11.5. The van der Waals surface area contributed by atoms with E-state index < -0.39 is 0 Å². The van der Waals surface area contributed by atoms with Gasteiger partial charge in [-0.25, -0.2) is 15.0 Å². The molecular weight excluding hydrogens is 483 g/mol. The van der Waals surface area contributed by atoms with Gasteiger partial charge in [-0.3, -0.25) is 0 Å². The van der Waals surface area contributed by atoms with Gasteiger partial charge in [0.25, 0.3) is 0 Å². The largest absolute Gasteiger partial charge is 0.496 e. The third kappa shape index (κ3) is 6.18. The Morgan fingerprint density at radius 1 is 0.914 bits per heavy atom. The van der Waals surface area contributed by atoms with Crippen LogP contribution >= 0.6 is 23.2 Å². The summed E-state index contributed by atoms with van der Waals surface area (Å²) in [6, 6.07) is 20.4. The van der Waals surface area contributed by atoms with Crippen LogP contribution < -0.4 is 15.4 Å². The minimum absolute atomic E-state index is 0.472. The monoisotopic (exact) mass is 504 g/mol. The van der Waals surface area contributed by atoms with Crippen LogP contribution in [-0.2, 0) is 0 Å². The molecule has 0 radical (unpaired) electrons. The summed E-state index contributed by atoms with van der Waals surface area (Å²) >= 11 is 12.5. The molecule has 7 nitrogen and oxygen atoms in total. The Morgan fingerprint density at radius 3 is 2.43 bits per heavy atom.